The number of carbonyl (C=O) groups excluding carboxylic acids is 1. The lowest BCUT2D eigenvalue weighted by Gasteiger charge is -2.34. The number of fused-ring (bicyclic) bond motifs is 1. The number of hydrogen-bond acceptors (Lipinski definition) is 4. The molecule has 26 heavy (non-hydrogen) atoms. The predicted octanol–water partition coefficient (Wildman–Crippen LogP) is 3.16. The Bertz CT molecular complexity index is 830. The second-order valence-corrected chi connectivity index (χ2v) is 7.04. The van der Waals surface area contributed by atoms with Crippen LogP contribution in [0.15, 0.2) is 30.3 Å². The number of hydrogen-bond donors (Lipinski definition) is 0. The molecular formula is C20H22FN3O2. The summed E-state index contributed by atoms with van der Waals surface area (Å²) in [6.07, 6.45) is 1.89. The molecule has 4 rings (SSSR count). The molecule has 5 nitrogen and oxygen atoms in total. The molecule has 1 amide bonds. The van der Waals surface area contributed by atoms with Crippen LogP contribution in [0.2, 0.25) is 0 Å². The molecule has 0 atom stereocenters. The summed E-state index contributed by atoms with van der Waals surface area (Å²) in [4.78, 5) is 20.8. The SMILES string of the molecule is Cc1cc2c(nc1N1CCC(Oc3ccc(F)cc3)CC1)CN(C)C2=O. The van der Waals surface area contributed by atoms with Crippen molar-refractivity contribution in [2.75, 3.05) is 25.0 Å². The Morgan fingerprint density at radius 3 is 2.58 bits per heavy atom. The number of ether oxygens (including phenoxy) is 1. The molecule has 1 saturated heterocycles. The summed E-state index contributed by atoms with van der Waals surface area (Å²) >= 11 is 0. The maximum atomic E-state index is 13.0. The number of nitrogens with zero attached hydrogens (tertiary/aromatic N) is 3. The largest absolute Gasteiger partial charge is 0.490 e. The molecule has 0 bridgehead atoms. The first-order chi connectivity index (χ1) is 12.5. The summed E-state index contributed by atoms with van der Waals surface area (Å²) in [6, 6.07) is 8.13. The van der Waals surface area contributed by atoms with Crippen molar-refractivity contribution in [1.29, 1.82) is 0 Å². The van der Waals surface area contributed by atoms with E-state index in [1.807, 2.05) is 13.0 Å². The Labute approximate surface area is 152 Å². The van der Waals surface area contributed by atoms with E-state index < -0.39 is 0 Å². The second-order valence-electron chi connectivity index (χ2n) is 7.04. The lowest BCUT2D eigenvalue weighted by Crippen LogP contribution is -2.39. The lowest BCUT2D eigenvalue weighted by molar-refractivity contribution is 0.0816. The summed E-state index contributed by atoms with van der Waals surface area (Å²) < 4.78 is 19.0. The Morgan fingerprint density at radius 1 is 1.19 bits per heavy atom. The van der Waals surface area contributed by atoms with Gasteiger partial charge in [-0.3, -0.25) is 4.79 Å². The molecule has 0 radical (unpaired) electrons. The predicted molar refractivity (Wildman–Crippen MR) is 97.0 cm³/mol. The van der Waals surface area contributed by atoms with Crippen molar-refractivity contribution in [2.45, 2.75) is 32.4 Å². The highest BCUT2D eigenvalue weighted by atomic mass is 19.1. The number of aromatic nitrogens is 1. The topological polar surface area (TPSA) is 45.7 Å². The van der Waals surface area contributed by atoms with Gasteiger partial charge in [-0.05, 0) is 42.8 Å². The fourth-order valence-corrected chi connectivity index (χ4v) is 3.66. The van der Waals surface area contributed by atoms with E-state index in [0.717, 1.165) is 48.6 Å². The monoisotopic (exact) mass is 355 g/mol. The zero-order valence-corrected chi connectivity index (χ0v) is 15.0. The molecule has 0 N–H and O–H groups in total. The Kier molecular flexibility index (Phi) is 4.26. The highest BCUT2D eigenvalue weighted by Crippen LogP contribution is 2.29. The van der Waals surface area contributed by atoms with E-state index in [0.29, 0.717) is 12.3 Å². The number of carbonyl (C=O) groups is 1. The van der Waals surface area contributed by atoms with Gasteiger partial charge in [0.05, 0.1) is 17.8 Å². The molecule has 2 aliphatic rings. The lowest BCUT2D eigenvalue weighted by atomic mass is 10.1. The van der Waals surface area contributed by atoms with E-state index >= 15 is 0 Å². The van der Waals surface area contributed by atoms with Crippen LogP contribution < -0.4 is 9.64 Å². The standard InChI is InChI=1S/C20H22FN3O2/c1-13-11-17-18(12-23(2)20(17)25)22-19(13)24-9-7-16(8-10-24)26-15-5-3-14(21)4-6-15/h3-6,11,16H,7-10,12H2,1-2H3. The van der Waals surface area contributed by atoms with Crippen molar-refractivity contribution < 1.29 is 13.9 Å². The Morgan fingerprint density at radius 2 is 1.88 bits per heavy atom. The van der Waals surface area contributed by atoms with Crippen molar-refractivity contribution in [3.63, 3.8) is 0 Å². The number of halogens is 1. The number of pyridine rings is 1. The molecule has 3 heterocycles. The number of aryl methyl sites for hydroxylation is 1. The van der Waals surface area contributed by atoms with E-state index in [-0.39, 0.29) is 17.8 Å². The van der Waals surface area contributed by atoms with Gasteiger partial charge in [0.2, 0.25) is 0 Å². The molecule has 0 spiro atoms. The number of piperidine rings is 1. The highest BCUT2D eigenvalue weighted by Gasteiger charge is 2.29. The molecular weight excluding hydrogens is 333 g/mol. The van der Waals surface area contributed by atoms with Crippen LogP contribution in [0.25, 0.3) is 0 Å². The molecule has 0 unspecified atom stereocenters. The first-order valence-electron chi connectivity index (χ1n) is 8.94. The third-order valence-corrected chi connectivity index (χ3v) is 5.09. The minimum absolute atomic E-state index is 0.0496. The molecule has 1 fully saturated rings. The van der Waals surface area contributed by atoms with Crippen LogP contribution in [0.5, 0.6) is 5.75 Å². The average Bonchev–Trinajstić information content (AvgIpc) is 2.91. The number of rotatable bonds is 3. The average molecular weight is 355 g/mol. The van der Waals surface area contributed by atoms with E-state index in [2.05, 4.69) is 4.90 Å². The normalized spacial score (nSPS) is 17.6. The summed E-state index contributed by atoms with van der Waals surface area (Å²) in [5, 5.41) is 0. The summed E-state index contributed by atoms with van der Waals surface area (Å²) in [5.74, 6) is 1.47. The van der Waals surface area contributed by atoms with Crippen LogP contribution in [0.4, 0.5) is 10.2 Å². The van der Waals surface area contributed by atoms with Crippen LogP contribution >= 0.6 is 0 Å². The van der Waals surface area contributed by atoms with Crippen LogP contribution in [-0.2, 0) is 6.54 Å². The van der Waals surface area contributed by atoms with Crippen molar-refractivity contribution in [2.24, 2.45) is 0 Å². The van der Waals surface area contributed by atoms with E-state index in [9.17, 15) is 9.18 Å². The molecule has 1 aromatic carbocycles. The molecule has 136 valence electrons. The highest BCUT2D eigenvalue weighted by molar-refractivity contribution is 5.98. The quantitative estimate of drug-likeness (QED) is 0.848. The fraction of sp³-hybridized carbons (Fsp3) is 0.400. The van der Waals surface area contributed by atoms with Crippen LogP contribution in [0, 0.1) is 12.7 Å². The van der Waals surface area contributed by atoms with Gasteiger partial charge in [-0.25, -0.2) is 9.37 Å². The van der Waals surface area contributed by atoms with Crippen LogP contribution in [0.3, 0.4) is 0 Å². The van der Waals surface area contributed by atoms with Gasteiger partial charge >= 0.3 is 0 Å². The van der Waals surface area contributed by atoms with Crippen molar-refractivity contribution in [3.05, 3.63) is 53.0 Å². The van der Waals surface area contributed by atoms with Crippen molar-refractivity contribution in [3.8, 4) is 5.75 Å². The van der Waals surface area contributed by atoms with Gasteiger partial charge in [0.1, 0.15) is 23.5 Å². The molecule has 1 aromatic heterocycles. The third-order valence-electron chi connectivity index (χ3n) is 5.09. The van der Waals surface area contributed by atoms with E-state index in [1.165, 1.54) is 12.1 Å². The zero-order valence-electron chi connectivity index (χ0n) is 15.0. The summed E-state index contributed by atoms with van der Waals surface area (Å²) in [7, 11) is 1.80. The van der Waals surface area contributed by atoms with Gasteiger partial charge in [0.15, 0.2) is 0 Å². The summed E-state index contributed by atoms with van der Waals surface area (Å²) in [6.45, 7) is 4.28. The zero-order chi connectivity index (χ0) is 18.3. The number of benzene rings is 1. The van der Waals surface area contributed by atoms with Crippen molar-refractivity contribution in [1.82, 2.24) is 9.88 Å². The smallest absolute Gasteiger partial charge is 0.255 e. The first kappa shape index (κ1) is 16.8. The third kappa shape index (κ3) is 3.11. The van der Waals surface area contributed by atoms with Crippen LogP contribution in [0.1, 0.15) is 34.5 Å². The van der Waals surface area contributed by atoms with Gasteiger partial charge in [-0.1, -0.05) is 0 Å². The number of anilines is 1. The van der Waals surface area contributed by atoms with Gasteiger partial charge in [-0.2, -0.15) is 0 Å². The Hall–Kier alpha value is -2.63. The van der Waals surface area contributed by atoms with Gasteiger partial charge in [0.25, 0.3) is 5.91 Å². The Balaban J connectivity index is 1.43. The minimum atomic E-state index is -0.255. The van der Waals surface area contributed by atoms with E-state index in [4.69, 9.17) is 9.72 Å². The maximum Gasteiger partial charge on any atom is 0.255 e. The second kappa shape index (κ2) is 6.59. The van der Waals surface area contributed by atoms with E-state index in [1.54, 1.807) is 24.1 Å². The van der Waals surface area contributed by atoms with Gasteiger partial charge < -0.3 is 14.5 Å². The first-order valence-corrected chi connectivity index (χ1v) is 8.94. The molecule has 2 aliphatic heterocycles. The number of amides is 1. The molecule has 0 aliphatic carbocycles. The molecule has 0 saturated carbocycles. The maximum absolute atomic E-state index is 13.0. The fourth-order valence-electron chi connectivity index (χ4n) is 3.66. The van der Waals surface area contributed by atoms with Crippen molar-refractivity contribution >= 4 is 11.7 Å². The van der Waals surface area contributed by atoms with Gasteiger partial charge in [-0.15, -0.1) is 0 Å². The molecule has 2 aromatic rings. The molecule has 6 heteroatoms. The van der Waals surface area contributed by atoms with Crippen LogP contribution in [-0.4, -0.2) is 42.0 Å². The minimum Gasteiger partial charge on any atom is -0.490 e. The van der Waals surface area contributed by atoms with Gasteiger partial charge in [0, 0.05) is 33.0 Å². The summed E-state index contributed by atoms with van der Waals surface area (Å²) in [5.41, 5.74) is 2.62.